The fraction of sp³-hybridized carbons (Fsp3) is 0.182. The van der Waals surface area contributed by atoms with Gasteiger partial charge in [0, 0.05) is 0 Å². The van der Waals surface area contributed by atoms with Crippen LogP contribution in [-0.2, 0) is 0 Å². The molecule has 0 atom stereocenters. The van der Waals surface area contributed by atoms with E-state index in [0.717, 1.165) is 5.56 Å². The largest absolute Gasteiger partial charge is 0.493 e. The molecule has 88 valence electrons. The van der Waals surface area contributed by atoms with Crippen molar-refractivity contribution in [2.45, 2.75) is 6.92 Å². The summed E-state index contributed by atoms with van der Waals surface area (Å²) in [6.45, 7) is 2.47. The molecule has 0 aliphatic rings. The summed E-state index contributed by atoms with van der Waals surface area (Å²) in [5, 5.41) is 0.123. The molecule has 0 unspecified atom stereocenters. The Bertz CT molecular complexity index is 514. The summed E-state index contributed by atoms with van der Waals surface area (Å²) in [5.41, 5.74) is 0.737. The number of ether oxygens (including phenoxy) is 1. The summed E-state index contributed by atoms with van der Waals surface area (Å²) in [5.74, 6) is 1.09. The van der Waals surface area contributed by atoms with Gasteiger partial charge in [0.15, 0.2) is 5.82 Å². The average molecular weight is 270 g/mol. The maximum absolute atomic E-state index is 5.74. The molecular formula is C11H9Cl2N3O. The lowest BCUT2D eigenvalue weighted by Gasteiger charge is -2.08. The number of rotatable bonds is 3. The molecule has 0 saturated carbocycles. The predicted molar refractivity (Wildman–Crippen MR) is 66.5 cm³/mol. The van der Waals surface area contributed by atoms with Crippen LogP contribution in [0.5, 0.6) is 5.75 Å². The Hall–Kier alpha value is -1.39. The number of hydrogen-bond donors (Lipinski definition) is 0. The maximum atomic E-state index is 5.74. The van der Waals surface area contributed by atoms with Crippen molar-refractivity contribution in [3.8, 4) is 17.1 Å². The van der Waals surface area contributed by atoms with Crippen molar-refractivity contribution < 1.29 is 4.74 Å². The average Bonchev–Trinajstić information content (AvgIpc) is 2.29. The molecule has 1 heterocycles. The Morgan fingerprint density at radius 2 is 1.71 bits per heavy atom. The van der Waals surface area contributed by atoms with Crippen LogP contribution in [0.3, 0.4) is 0 Å². The van der Waals surface area contributed by atoms with Gasteiger partial charge in [-0.1, -0.05) is 12.1 Å². The molecule has 2 aromatic rings. The molecule has 0 spiro atoms. The second-order valence-corrected chi connectivity index (χ2v) is 3.80. The van der Waals surface area contributed by atoms with Gasteiger partial charge in [-0.2, -0.15) is 15.0 Å². The van der Waals surface area contributed by atoms with Crippen LogP contribution in [0.25, 0.3) is 11.4 Å². The van der Waals surface area contributed by atoms with Crippen molar-refractivity contribution in [3.05, 3.63) is 34.8 Å². The zero-order chi connectivity index (χ0) is 12.3. The van der Waals surface area contributed by atoms with Crippen LogP contribution >= 0.6 is 23.2 Å². The molecule has 17 heavy (non-hydrogen) atoms. The molecule has 0 N–H and O–H groups in total. The fourth-order valence-corrected chi connectivity index (χ4v) is 1.74. The summed E-state index contributed by atoms with van der Waals surface area (Å²) in [7, 11) is 0. The van der Waals surface area contributed by atoms with Gasteiger partial charge in [-0.3, -0.25) is 0 Å². The number of nitrogens with zero attached hydrogens (tertiary/aromatic N) is 3. The number of halogens is 2. The highest BCUT2D eigenvalue weighted by molar-refractivity contribution is 6.31. The van der Waals surface area contributed by atoms with Gasteiger partial charge in [0.2, 0.25) is 10.6 Å². The van der Waals surface area contributed by atoms with Crippen molar-refractivity contribution in [2.75, 3.05) is 6.61 Å². The van der Waals surface area contributed by atoms with E-state index in [-0.39, 0.29) is 10.6 Å². The number of aromatic nitrogens is 3. The smallest absolute Gasteiger partial charge is 0.227 e. The van der Waals surface area contributed by atoms with Gasteiger partial charge in [0.1, 0.15) is 5.75 Å². The van der Waals surface area contributed by atoms with E-state index in [4.69, 9.17) is 27.9 Å². The third kappa shape index (κ3) is 2.84. The standard InChI is InChI=1S/C11H9Cl2N3O/c1-2-17-8-6-4-3-5-7(8)9-14-10(12)16-11(13)15-9/h3-6H,2H2,1H3. The number of benzene rings is 1. The summed E-state index contributed by atoms with van der Waals surface area (Å²) in [4.78, 5) is 11.8. The molecule has 0 bridgehead atoms. The topological polar surface area (TPSA) is 47.9 Å². The van der Waals surface area contributed by atoms with E-state index in [1.165, 1.54) is 0 Å². The third-order valence-electron chi connectivity index (χ3n) is 2.01. The summed E-state index contributed by atoms with van der Waals surface area (Å²) in [6.07, 6.45) is 0. The van der Waals surface area contributed by atoms with Crippen LogP contribution in [0.1, 0.15) is 6.92 Å². The first kappa shape index (κ1) is 12.1. The quantitative estimate of drug-likeness (QED) is 0.858. The van der Waals surface area contributed by atoms with Crippen molar-refractivity contribution >= 4 is 23.2 Å². The van der Waals surface area contributed by atoms with E-state index in [9.17, 15) is 0 Å². The second kappa shape index (κ2) is 5.29. The van der Waals surface area contributed by atoms with Gasteiger partial charge in [0.25, 0.3) is 0 Å². The Morgan fingerprint density at radius 1 is 1.06 bits per heavy atom. The number of hydrogen-bond acceptors (Lipinski definition) is 4. The summed E-state index contributed by atoms with van der Waals surface area (Å²) >= 11 is 11.5. The van der Waals surface area contributed by atoms with Gasteiger partial charge >= 0.3 is 0 Å². The van der Waals surface area contributed by atoms with Crippen molar-refractivity contribution in [3.63, 3.8) is 0 Å². The van der Waals surface area contributed by atoms with E-state index in [1.54, 1.807) is 0 Å². The van der Waals surface area contributed by atoms with Crippen LogP contribution < -0.4 is 4.74 Å². The van der Waals surface area contributed by atoms with Gasteiger partial charge < -0.3 is 4.74 Å². The predicted octanol–water partition coefficient (Wildman–Crippen LogP) is 3.24. The van der Waals surface area contributed by atoms with Crippen molar-refractivity contribution in [1.29, 1.82) is 0 Å². The normalized spacial score (nSPS) is 10.3. The van der Waals surface area contributed by atoms with Crippen LogP contribution in [0.4, 0.5) is 0 Å². The Balaban J connectivity index is 2.51. The molecule has 0 amide bonds. The Kier molecular flexibility index (Phi) is 3.76. The van der Waals surface area contributed by atoms with E-state index in [0.29, 0.717) is 18.2 Å². The lowest BCUT2D eigenvalue weighted by molar-refractivity contribution is 0.341. The SMILES string of the molecule is CCOc1ccccc1-c1nc(Cl)nc(Cl)n1. The van der Waals surface area contributed by atoms with Crippen LogP contribution in [0, 0.1) is 0 Å². The Labute approximate surface area is 109 Å². The highest BCUT2D eigenvalue weighted by atomic mass is 35.5. The highest BCUT2D eigenvalue weighted by Gasteiger charge is 2.10. The van der Waals surface area contributed by atoms with Crippen molar-refractivity contribution in [2.24, 2.45) is 0 Å². The first-order chi connectivity index (χ1) is 8.20. The lowest BCUT2D eigenvalue weighted by Crippen LogP contribution is -1.98. The number of para-hydroxylation sites is 1. The zero-order valence-corrected chi connectivity index (χ0v) is 10.5. The first-order valence-electron chi connectivity index (χ1n) is 5.00. The van der Waals surface area contributed by atoms with E-state index >= 15 is 0 Å². The zero-order valence-electron chi connectivity index (χ0n) is 9.02. The molecule has 0 fully saturated rings. The highest BCUT2D eigenvalue weighted by Crippen LogP contribution is 2.28. The molecule has 2 rings (SSSR count). The first-order valence-corrected chi connectivity index (χ1v) is 5.75. The van der Waals surface area contributed by atoms with Crippen LogP contribution in [-0.4, -0.2) is 21.6 Å². The third-order valence-corrected chi connectivity index (χ3v) is 2.35. The fourth-order valence-electron chi connectivity index (χ4n) is 1.38. The Morgan fingerprint density at radius 3 is 2.35 bits per heavy atom. The summed E-state index contributed by atoms with van der Waals surface area (Å²) in [6, 6.07) is 7.42. The van der Waals surface area contributed by atoms with Gasteiger partial charge in [-0.15, -0.1) is 0 Å². The second-order valence-electron chi connectivity index (χ2n) is 3.13. The minimum atomic E-state index is 0.0614. The van der Waals surface area contributed by atoms with Crippen LogP contribution in [0.15, 0.2) is 24.3 Å². The van der Waals surface area contributed by atoms with Gasteiger partial charge in [-0.05, 0) is 42.3 Å². The molecule has 4 nitrogen and oxygen atoms in total. The molecule has 1 aromatic carbocycles. The van der Waals surface area contributed by atoms with E-state index in [2.05, 4.69) is 15.0 Å². The van der Waals surface area contributed by atoms with E-state index in [1.807, 2.05) is 31.2 Å². The van der Waals surface area contributed by atoms with Crippen molar-refractivity contribution in [1.82, 2.24) is 15.0 Å². The minimum Gasteiger partial charge on any atom is -0.493 e. The van der Waals surface area contributed by atoms with Gasteiger partial charge in [-0.25, -0.2) is 0 Å². The molecule has 0 aliphatic heterocycles. The monoisotopic (exact) mass is 269 g/mol. The molecule has 0 radical (unpaired) electrons. The minimum absolute atomic E-state index is 0.0614. The van der Waals surface area contributed by atoms with Gasteiger partial charge in [0.05, 0.1) is 12.2 Å². The van der Waals surface area contributed by atoms with Crippen LogP contribution in [0.2, 0.25) is 10.6 Å². The lowest BCUT2D eigenvalue weighted by atomic mass is 10.2. The maximum Gasteiger partial charge on any atom is 0.227 e. The molecule has 1 aromatic heterocycles. The summed E-state index contributed by atoms with van der Waals surface area (Å²) < 4.78 is 5.48. The molecule has 0 saturated heterocycles. The molecule has 0 aliphatic carbocycles. The van der Waals surface area contributed by atoms with E-state index < -0.39 is 0 Å². The molecular weight excluding hydrogens is 261 g/mol. The molecule has 6 heteroatoms.